The van der Waals surface area contributed by atoms with Gasteiger partial charge in [-0.15, -0.1) is 0 Å². The summed E-state index contributed by atoms with van der Waals surface area (Å²) >= 11 is 0. The molecule has 1 aromatic rings. The van der Waals surface area contributed by atoms with Crippen molar-refractivity contribution in [3.63, 3.8) is 0 Å². The molecule has 2 aliphatic carbocycles. The predicted molar refractivity (Wildman–Crippen MR) is 100 cm³/mol. The van der Waals surface area contributed by atoms with Gasteiger partial charge < -0.3 is 11.1 Å². The molecule has 0 spiro atoms. The molecule has 1 heterocycles. The summed E-state index contributed by atoms with van der Waals surface area (Å²) in [5.41, 5.74) is 8.31. The van der Waals surface area contributed by atoms with Gasteiger partial charge in [-0.05, 0) is 25.7 Å². The van der Waals surface area contributed by atoms with Crippen LogP contribution in [0.25, 0.3) is 0 Å². The summed E-state index contributed by atoms with van der Waals surface area (Å²) in [6.07, 6.45) is 19.2. The van der Waals surface area contributed by atoms with Crippen LogP contribution in [0.3, 0.4) is 0 Å². The molecule has 134 valence electrons. The van der Waals surface area contributed by atoms with Gasteiger partial charge in [0.1, 0.15) is 0 Å². The minimum atomic E-state index is 0.533. The first-order valence-electron chi connectivity index (χ1n) is 10.2. The molecule has 2 saturated carbocycles. The highest BCUT2D eigenvalue weighted by molar-refractivity contribution is 5.32. The molecule has 0 radical (unpaired) electrons. The maximum Gasteiger partial charge on any atom is 0.223 e. The quantitative estimate of drug-likeness (QED) is 0.824. The van der Waals surface area contributed by atoms with E-state index in [4.69, 9.17) is 10.7 Å². The van der Waals surface area contributed by atoms with E-state index in [1.54, 1.807) is 0 Å². The number of nitrogens with two attached hydrogens (primary N) is 1. The second-order valence-corrected chi connectivity index (χ2v) is 7.68. The van der Waals surface area contributed by atoms with Crippen molar-refractivity contribution in [3.8, 4) is 0 Å². The molecular weight excluding hydrogens is 296 g/mol. The van der Waals surface area contributed by atoms with Gasteiger partial charge in [0.05, 0.1) is 5.69 Å². The van der Waals surface area contributed by atoms with E-state index in [-0.39, 0.29) is 0 Å². The van der Waals surface area contributed by atoms with E-state index in [0.29, 0.717) is 18.5 Å². The van der Waals surface area contributed by atoms with Crippen LogP contribution < -0.4 is 11.1 Å². The lowest BCUT2D eigenvalue weighted by Gasteiger charge is -2.24. The molecule has 0 unspecified atom stereocenters. The van der Waals surface area contributed by atoms with Crippen molar-refractivity contribution in [2.45, 2.75) is 102 Å². The van der Waals surface area contributed by atoms with Gasteiger partial charge in [0.15, 0.2) is 0 Å². The molecule has 4 nitrogen and oxygen atoms in total. The van der Waals surface area contributed by atoms with E-state index in [9.17, 15) is 0 Å². The maximum absolute atomic E-state index is 5.95. The van der Waals surface area contributed by atoms with E-state index < -0.39 is 0 Å². The van der Waals surface area contributed by atoms with Crippen LogP contribution in [-0.2, 0) is 6.54 Å². The van der Waals surface area contributed by atoms with Gasteiger partial charge in [0.25, 0.3) is 0 Å². The third-order valence-corrected chi connectivity index (χ3v) is 5.80. The van der Waals surface area contributed by atoms with Crippen LogP contribution in [0.15, 0.2) is 6.20 Å². The fourth-order valence-corrected chi connectivity index (χ4v) is 4.34. The predicted octanol–water partition coefficient (Wildman–Crippen LogP) is 4.90. The zero-order valence-electron chi connectivity index (χ0n) is 15.1. The highest BCUT2D eigenvalue weighted by atomic mass is 15.1. The Morgan fingerprint density at radius 1 is 0.875 bits per heavy atom. The number of nitrogens with one attached hydrogen (secondary N) is 1. The first-order valence-corrected chi connectivity index (χ1v) is 10.2. The molecule has 2 aliphatic rings. The Hall–Kier alpha value is -1.16. The van der Waals surface area contributed by atoms with Crippen LogP contribution >= 0.6 is 0 Å². The van der Waals surface area contributed by atoms with Gasteiger partial charge in [-0.25, -0.2) is 9.97 Å². The van der Waals surface area contributed by atoms with Crippen LogP contribution in [0.5, 0.6) is 0 Å². The molecule has 4 heteroatoms. The maximum atomic E-state index is 5.95. The first-order chi connectivity index (χ1) is 11.9. The molecule has 3 rings (SSSR count). The van der Waals surface area contributed by atoms with Crippen molar-refractivity contribution in [1.29, 1.82) is 0 Å². The Morgan fingerprint density at radius 3 is 2.12 bits per heavy atom. The number of hydrogen-bond acceptors (Lipinski definition) is 4. The fraction of sp³-hybridized carbons (Fsp3) is 0.800. The number of rotatable bonds is 4. The SMILES string of the molecule is NCc1cnc(NC2CCCCCCCC2)nc1C1CCCCC1. The Kier molecular flexibility index (Phi) is 6.88. The van der Waals surface area contributed by atoms with Crippen LogP contribution in [0.2, 0.25) is 0 Å². The molecule has 0 bridgehead atoms. The van der Waals surface area contributed by atoms with Crippen molar-refractivity contribution in [2.24, 2.45) is 5.73 Å². The summed E-state index contributed by atoms with van der Waals surface area (Å²) in [5.74, 6) is 1.42. The van der Waals surface area contributed by atoms with E-state index in [0.717, 1.165) is 11.5 Å². The molecule has 3 N–H and O–H groups in total. The standard InChI is InChI=1S/C20H34N4/c21-14-17-15-22-20(24-19(17)16-10-6-5-7-11-16)23-18-12-8-3-1-2-4-9-13-18/h15-16,18H,1-14,21H2,(H,22,23,24). The molecule has 0 atom stereocenters. The van der Waals surface area contributed by atoms with Crippen molar-refractivity contribution >= 4 is 5.95 Å². The number of nitrogens with zero attached hydrogens (tertiary/aromatic N) is 2. The summed E-state index contributed by atoms with van der Waals surface area (Å²) in [6, 6.07) is 0.533. The van der Waals surface area contributed by atoms with E-state index >= 15 is 0 Å². The lowest BCUT2D eigenvalue weighted by atomic mass is 9.85. The highest BCUT2D eigenvalue weighted by Gasteiger charge is 2.21. The third-order valence-electron chi connectivity index (χ3n) is 5.80. The van der Waals surface area contributed by atoms with E-state index in [2.05, 4.69) is 10.3 Å². The topological polar surface area (TPSA) is 63.8 Å². The van der Waals surface area contributed by atoms with Crippen molar-refractivity contribution < 1.29 is 0 Å². The Balaban J connectivity index is 1.70. The minimum Gasteiger partial charge on any atom is -0.351 e. The zero-order chi connectivity index (χ0) is 16.6. The van der Waals surface area contributed by atoms with Crippen LogP contribution in [-0.4, -0.2) is 16.0 Å². The lowest BCUT2D eigenvalue weighted by molar-refractivity contribution is 0.433. The number of hydrogen-bond donors (Lipinski definition) is 2. The van der Waals surface area contributed by atoms with Crippen LogP contribution in [0, 0.1) is 0 Å². The summed E-state index contributed by atoms with van der Waals surface area (Å²) < 4.78 is 0. The highest BCUT2D eigenvalue weighted by Crippen LogP contribution is 2.33. The largest absolute Gasteiger partial charge is 0.351 e. The summed E-state index contributed by atoms with van der Waals surface area (Å²) in [6.45, 7) is 0.551. The van der Waals surface area contributed by atoms with Crippen LogP contribution in [0.4, 0.5) is 5.95 Å². The third kappa shape index (κ3) is 4.92. The van der Waals surface area contributed by atoms with Crippen LogP contribution in [0.1, 0.15) is 101 Å². The average Bonchev–Trinajstić information content (AvgIpc) is 2.76. The first kappa shape index (κ1) is 17.7. The smallest absolute Gasteiger partial charge is 0.223 e. The molecular formula is C20H34N4. The van der Waals surface area contributed by atoms with Gasteiger partial charge in [-0.1, -0.05) is 57.8 Å². The lowest BCUT2D eigenvalue weighted by Crippen LogP contribution is -2.22. The number of anilines is 1. The molecule has 2 fully saturated rings. The van der Waals surface area contributed by atoms with Gasteiger partial charge in [0.2, 0.25) is 5.95 Å². The van der Waals surface area contributed by atoms with Gasteiger partial charge in [-0.3, -0.25) is 0 Å². The number of aromatic nitrogens is 2. The summed E-state index contributed by atoms with van der Waals surface area (Å²) in [7, 11) is 0. The van der Waals surface area contributed by atoms with E-state index in [1.165, 1.54) is 89.2 Å². The Labute approximate surface area is 147 Å². The van der Waals surface area contributed by atoms with Gasteiger partial charge >= 0.3 is 0 Å². The van der Waals surface area contributed by atoms with E-state index in [1.807, 2.05) is 6.20 Å². The second kappa shape index (κ2) is 9.36. The van der Waals surface area contributed by atoms with Gasteiger partial charge in [-0.2, -0.15) is 0 Å². The second-order valence-electron chi connectivity index (χ2n) is 7.68. The van der Waals surface area contributed by atoms with Crippen molar-refractivity contribution in [2.75, 3.05) is 5.32 Å². The minimum absolute atomic E-state index is 0.533. The molecule has 0 saturated heterocycles. The normalized spacial score (nSPS) is 21.7. The van der Waals surface area contributed by atoms with Gasteiger partial charge in [0, 0.05) is 30.3 Å². The molecule has 0 aromatic carbocycles. The molecule has 24 heavy (non-hydrogen) atoms. The Bertz CT molecular complexity index is 486. The van der Waals surface area contributed by atoms with Crippen molar-refractivity contribution in [1.82, 2.24) is 9.97 Å². The summed E-state index contributed by atoms with van der Waals surface area (Å²) in [5, 5.41) is 3.64. The average molecular weight is 331 g/mol. The Morgan fingerprint density at radius 2 is 1.46 bits per heavy atom. The summed E-state index contributed by atoms with van der Waals surface area (Å²) in [4.78, 5) is 9.51. The molecule has 0 amide bonds. The molecule has 1 aromatic heterocycles. The zero-order valence-corrected chi connectivity index (χ0v) is 15.1. The van der Waals surface area contributed by atoms with Crippen molar-refractivity contribution in [3.05, 3.63) is 17.5 Å². The monoisotopic (exact) mass is 330 g/mol. The fourth-order valence-electron chi connectivity index (χ4n) is 4.34. The molecule has 0 aliphatic heterocycles.